The van der Waals surface area contributed by atoms with E-state index in [1.807, 2.05) is 0 Å². The first-order valence-corrected chi connectivity index (χ1v) is 4.84. The second-order valence-corrected chi connectivity index (χ2v) is 4.28. The second kappa shape index (κ2) is 7.73. The molecule has 0 aromatic carbocycles. The van der Waals surface area contributed by atoms with Crippen molar-refractivity contribution in [2.45, 2.75) is 11.8 Å². The molecular weight excluding hydrogens is 167 g/mol. The molecule has 0 aromatic heterocycles. The molecule has 0 aliphatic rings. The van der Waals surface area contributed by atoms with Crippen LogP contribution in [-0.4, -0.2) is 21.6 Å². The van der Waals surface area contributed by atoms with Crippen LogP contribution in [0, 0.1) is 0 Å². The van der Waals surface area contributed by atoms with E-state index in [4.69, 9.17) is 23.2 Å². The van der Waals surface area contributed by atoms with Crippen LogP contribution in [0.25, 0.3) is 0 Å². The van der Waals surface area contributed by atoms with Gasteiger partial charge >= 0.3 is 0 Å². The molecule has 0 rings (SSSR count). The van der Waals surface area contributed by atoms with Crippen LogP contribution in [0.4, 0.5) is 0 Å². The predicted molar refractivity (Wildman–Crippen MR) is 41.2 cm³/mol. The van der Waals surface area contributed by atoms with Gasteiger partial charge in [-0.1, -0.05) is 0 Å². The van der Waals surface area contributed by atoms with E-state index >= 15 is 0 Å². The average Bonchev–Trinajstić information content (AvgIpc) is 1.25. The maximum absolute atomic E-state index is 9.56. The Morgan fingerprint density at radius 3 is 1.38 bits per heavy atom. The molecule has 0 aliphatic heterocycles. The number of rotatable bonds is 0. The van der Waals surface area contributed by atoms with Gasteiger partial charge in [-0.2, -0.15) is 0 Å². The SMILES string of the molecule is CC(Cl)Cl.CS(C)=O. The molecule has 8 heavy (non-hydrogen) atoms. The topological polar surface area (TPSA) is 17.1 Å². The highest BCUT2D eigenvalue weighted by atomic mass is 35.5. The van der Waals surface area contributed by atoms with Gasteiger partial charge < -0.3 is 0 Å². The van der Waals surface area contributed by atoms with Crippen LogP contribution in [0.5, 0.6) is 0 Å². The van der Waals surface area contributed by atoms with Gasteiger partial charge in [0, 0.05) is 23.3 Å². The third-order valence-electron chi connectivity index (χ3n) is 0. The average molecular weight is 177 g/mol. The molecule has 0 aliphatic carbocycles. The normalized spacial score (nSPS) is 8.88. The van der Waals surface area contributed by atoms with Gasteiger partial charge in [0.15, 0.2) is 0 Å². The summed E-state index contributed by atoms with van der Waals surface area (Å²) in [5.41, 5.74) is 0. The van der Waals surface area contributed by atoms with Crippen molar-refractivity contribution in [3.8, 4) is 0 Å². The maximum Gasteiger partial charge on any atom is 0.105 e. The summed E-state index contributed by atoms with van der Waals surface area (Å²) in [6.45, 7) is 1.70. The maximum atomic E-state index is 9.56. The lowest BCUT2D eigenvalue weighted by atomic mass is 11.0. The molecule has 0 radical (unpaired) electrons. The van der Waals surface area contributed by atoms with Gasteiger partial charge in [0.25, 0.3) is 0 Å². The second-order valence-electron chi connectivity index (χ2n) is 1.26. The Labute approximate surface area is 62.8 Å². The lowest BCUT2D eigenvalue weighted by Gasteiger charge is -1.72. The van der Waals surface area contributed by atoms with E-state index in [0.717, 1.165) is 0 Å². The smallest absolute Gasteiger partial charge is 0.105 e. The Morgan fingerprint density at radius 1 is 1.38 bits per heavy atom. The summed E-state index contributed by atoms with van der Waals surface area (Å²) < 4.78 is 9.56. The summed E-state index contributed by atoms with van der Waals surface area (Å²) in [5.74, 6) is 0. The van der Waals surface area contributed by atoms with Crippen molar-refractivity contribution in [1.82, 2.24) is 0 Å². The van der Waals surface area contributed by atoms with Crippen molar-refractivity contribution in [2.24, 2.45) is 0 Å². The van der Waals surface area contributed by atoms with Crippen molar-refractivity contribution in [3.63, 3.8) is 0 Å². The van der Waals surface area contributed by atoms with Crippen LogP contribution in [0.2, 0.25) is 0 Å². The Bertz CT molecular complexity index is 58.3. The third-order valence-corrected chi connectivity index (χ3v) is 0. The first-order valence-electron chi connectivity index (χ1n) is 2.00. The molecule has 0 spiro atoms. The lowest BCUT2D eigenvalue weighted by Crippen LogP contribution is -1.70. The van der Waals surface area contributed by atoms with Crippen molar-refractivity contribution in [3.05, 3.63) is 0 Å². The monoisotopic (exact) mass is 176 g/mol. The first-order chi connectivity index (χ1) is 3.46. The molecule has 52 valence electrons. The van der Waals surface area contributed by atoms with Crippen LogP contribution in [0.3, 0.4) is 0 Å². The summed E-state index contributed by atoms with van der Waals surface area (Å²) in [7, 11) is -0.611. The van der Waals surface area contributed by atoms with Gasteiger partial charge in [0.2, 0.25) is 0 Å². The molecule has 1 nitrogen and oxygen atoms in total. The molecule has 0 heterocycles. The highest BCUT2D eigenvalue weighted by Crippen LogP contribution is 1.95. The van der Waals surface area contributed by atoms with E-state index in [9.17, 15) is 4.21 Å². The fourth-order valence-corrected chi connectivity index (χ4v) is 0. The number of alkyl halides is 2. The van der Waals surface area contributed by atoms with Gasteiger partial charge in [-0.05, 0) is 6.92 Å². The fourth-order valence-electron chi connectivity index (χ4n) is 0. The molecule has 0 atom stereocenters. The molecule has 0 N–H and O–H groups in total. The van der Waals surface area contributed by atoms with Gasteiger partial charge in [-0.15, -0.1) is 23.2 Å². The van der Waals surface area contributed by atoms with E-state index < -0.39 is 10.8 Å². The zero-order valence-electron chi connectivity index (χ0n) is 5.15. The van der Waals surface area contributed by atoms with Crippen molar-refractivity contribution >= 4 is 34.0 Å². The summed E-state index contributed by atoms with van der Waals surface area (Å²) in [5, 5.41) is 0. The highest BCUT2D eigenvalue weighted by Gasteiger charge is 1.75. The molecule has 0 saturated heterocycles. The number of halogens is 2. The quantitative estimate of drug-likeness (QED) is 0.515. The molecule has 0 unspecified atom stereocenters. The third kappa shape index (κ3) is 415. The minimum absolute atomic E-state index is 0.222. The van der Waals surface area contributed by atoms with Crippen LogP contribution in [0.1, 0.15) is 6.92 Å². The van der Waals surface area contributed by atoms with E-state index in [1.54, 1.807) is 19.4 Å². The summed E-state index contributed by atoms with van der Waals surface area (Å²) in [4.78, 5) is -0.222. The lowest BCUT2D eigenvalue weighted by molar-refractivity contribution is 0.690. The standard InChI is InChI=1S/C2H4Cl2.C2H6OS/c1-2(3)4;1-4(2)3/h2H,1H3;1-2H3. The van der Waals surface area contributed by atoms with E-state index in [1.165, 1.54) is 0 Å². The molecule has 0 aromatic rings. The molecule has 0 bridgehead atoms. The number of hydrogen-bond donors (Lipinski definition) is 0. The Morgan fingerprint density at radius 2 is 1.38 bits per heavy atom. The molecule has 4 heteroatoms. The van der Waals surface area contributed by atoms with Crippen molar-refractivity contribution in [2.75, 3.05) is 12.5 Å². The van der Waals surface area contributed by atoms with Gasteiger partial charge in [0.1, 0.15) is 4.84 Å². The Balaban J connectivity index is 0. The van der Waals surface area contributed by atoms with Gasteiger partial charge in [-0.3, -0.25) is 4.21 Å². The Kier molecular flexibility index (Phi) is 11.1. The van der Waals surface area contributed by atoms with Crippen molar-refractivity contribution in [1.29, 1.82) is 0 Å². The van der Waals surface area contributed by atoms with E-state index in [0.29, 0.717) is 0 Å². The summed E-state index contributed by atoms with van der Waals surface area (Å²) in [6.07, 6.45) is 3.28. The minimum atomic E-state index is -0.611. The van der Waals surface area contributed by atoms with Crippen LogP contribution in [0.15, 0.2) is 0 Å². The molecule has 0 amide bonds. The van der Waals surface area contributed by atoms with Gasteiger partial charge in [0.05, 0.1) is 0 Å². The van der Waals surface area contributed by atoms with Crippen molar-refractivity contribution < 1.29 is 4.21 Å². The fraction of sp³-hybridized carbons (Fsp3) is 1.00. The largest absolute Gasteiger partial charge is 0.260 e. The molecule has 0 saturated carbocycles. The van der Waals surface area contributed by atoms with Gasteiger partial charge in [-0.25, -0.2) is 0 Å². The molecular formula is C4H10Cl2OS. The summed E-state index contributed by atoms with van der Waals surface area (Å²) >= 11 is 10.1. The summed E-state index contributed by atoms with van der Waals surface area (Å²) in [6, 6.07) is 0. The van der Waals surface area contributed by atoms with Crippen LogP contribution >= 0.6 is 23.2 Å². The minimum Gasteiger partial charge on any atom is -0.260 e. The van der Waals surface area contributed by atoms with E-state index in [2.05, 4.69) is 0 Å². The Hall–Kier alpha value is 0.730. The van der Waals surface area contributed by atoms with Crippen LogP contribution in [-0.2, 0) is 10.8 Å². The first kappa shape index (κ1) is 11.5. The zero-order chi connectivity index (χ0) is 7.15. The highest BCUT2D eigenvalue weighted by molar-refractivity contribution is 7.83. The number of hydrogen-bond acceptors (Lipinski definition) is 1. The predicted octanol–water partition coefficient (Wildman–Crippen LogP) is 1.80. The molecule has 0 fully saturated rings. The van der Waals surface area contributed by atoms with Crippen LogP contribution < -0.4 is 0 Å². The zero-order valence-corrected chi connectivity index (χ0v) is 7.48. The van der Waals surface area contributed by atoms with E-state index in [-0.39, 0.29) is 4.84 Å².